The summed E-state index contributed by atoms with van der Waals surface area (Å²) in [5, 5.41) is 0. The van der Waals surface area contributed by atoms with Gasteiger partial charge >= 0.3 is 0 Å². The van der Waals surface area contributed by atoms with Gasteiger partial charge in [-0.05, 0) is 24.3 Å². The molecule has 0 amide bonds. The van der Waals surface area contributed by atoms with Crippen LogP contribution in [0.3, 0.4) is 0 Å². The molecule has 88 valence electrons. The molecule has 0 aliphatic heterocycles. The van der Waals surface area contributed by atoms with E-state index >= 15 is 0 Å². The number of hydrogen-bond donors (Lipinski definition) is 2. The van der Waals surface area contributed by atoms with E-state index < -0.39 is 0 Å². The largest absolute Gasteiger partial charge is 0.382 e. The molecule has 3 aromatic rings. The van der Waals surface area contributed by atoms with Gasteiger partial charge in [0.1, 0.15) is 5.69 Å². The highest BCUT2D eigenvalue weighted by Crippen LogP contribution is 2.15. The van der Waals surface area contributed by atoms with Crippen LogP contribution >= 0.6 is 0 Å². The Hall–Kier alpha value is -2.69. The van der Waals surface area contributed by atoms with E-state index in [0.717, 1.165) is 11.0 Å². The first-order valence-corrected chi connectivity index (χ1v) is 5.53. The number of aromatic nitrogens is 3. The molecule has 3 rings (SSSR count). The van der Waals surface area contributed by atoms with E-state index in [4.69, 9.17) is 5.73 Å². The van der Waals surface area contributed by atoms with Gasteiger partial charge in [-0.25, -0.2) is 4.98 Å². The van der Waals surface area contributed by atoms with Crippen LogP contribution in [-0.2, 0) is 0 Å². The number of fused-ring (bicyclic) bond motifs is 1. The van der Waals surface area contributed by atoms with Crippen LogP contribution in [0.4, 0.5) is 5.95 Å². The average Bonchev–Trinajstić information content (AvgIpc) is 2.82. The van der Waals surface area contributed by atoms with Crippen LogP contribution in [0.5, 0.6) is 0 Å². The first-order valence-electron chi connectivity index (χ1n) is 5.53. The van der Waals surface area contributed by atoms with Gasteiger partial charge in [0.15, 0.2) is 5.84 Å². The minimum atomic E-state index is 0.342. The summed E-state index contributed by atoms with van der Waals surface area (Å²) in [4.78, 5) is 15.8. The van der Waals surface area contributed by atoms with Gasteiger partial charge in [0.2, 0.25) is 5.95 Å². The van der Waals surface area contributed by atoms with Gasteiger partial charge < -0.3 is 10.7 Å². The van der Waals surface area contributed by atoms with Crippen molar-refractivity contribution in [2.45, 2.75) is 0 Å². The van der Waals surface area contributed by atoms with Crippen LogP contribution in [-0.4, -0.2) is 20.8 Å². The molecule has 0 unspecified atom stereocenters. The smallest absolute Gasteiger partial charge is 0.229 e. The van der Waals surface area contributed by atoms with Crippen LogP contribution in [0.2, 0.25) is 0 Å². The predicted octanol–water partition coefficient (Wildman–Crippen LogP) is 1.99. The fraction of sp³-hybridized carbons (Fsp3) is 0. The molecule has 0 atom stereocenters. The van der Waals surface area contributed by atoms with Crippen LogP contribution in [0.1, 0.15) is 5.69 Å². The van der Waals surface area contributed by atoms with Crippen LogP contribution in [0, 0.1) is 0 Å². The molecule has 0 bridgehead atoms. The summed E-state index contributed by atoms with van der Waals surface area (Å²) < 4.78 is 0. The number of nitrogens with zero attached hydrogens (tertiary/aromatic N) is 3. The summed E-state index contributed by atoms with van der Waals surface area (Å²) in [6.45, 7) is 0. The fourth-order valence-corrected chi connectivity index (χ4v) is 1.68. The zero-order valence-corrected chi connectivity index (χ0v) is 9.54. The molecule has 0 saturated heterocycles. The van der Waals surface area contributed by atoms with Gasteiger partial charge in [-0.1, -0.05) is 18.2 Å². The highest BCUT2D eigenvalue weighted by atomic mass is 15.1. The number of hydrogen-bond acceptors (Lipinski definition) is 3. The average molecular weight is 237 g/mol. The molecule has 1 aromatic carbocycles. The number of aromatic amines is 1. The Kier molecular flexibility index (Phi) is 2.49. The van der Waals surface area contributed by atoms with Crippen molar-refractivity contribution < 1.29 is 0 Å². The van der Waals surface area contributed by atoms with Gasteiger partial charge in [0.25, 0.3) is 0 Å². The Labute approximate surface area is 103 Å². The molecule has 5 heteroatoms. The normalized spacial score (nSPS) is 11.9. The molecule has 3 N–H and O–H groups in total. The van der Waals surface area contributed by atoms with E-state index in [1.165, 1.54) is 0 Å². The molecule has 0 aliphatic carbocycles. The monoisotopic (exact) mass is 237 g/mol. The Balaban J connectivity index is 2.00. The quantitative estimate of drug-likeness (QED) is 0.528. The third-order valence-corrected chi connectivity index (χ3v) is 2.53. The number of benzene rings is 1. The summed E-state index contributed by atoms with van der Waals surface area (Å²) in [6.07, 6.45) is 1.68. The Morgan fingerprint density at radius 2 is 1.94 bits per heavy atom. The second-order valence-corrected chi connectivity index (χ2v) is 3.79. The lowest BCUT2D eigenvalue weighted by atomic mass is 10.3. The van der Waals surface area contributed by atoms with E-state index in [0.29, 0.717) is 17.5 Å². The number of imidazole rings is 1. The van der Waals surface area contributed by atoms with Gasteiger partial charge in [0.05, 0.1) is 11.0 Å². The maximum atomic E-state index is 5.88. The maximum Gasteiger partial charge on any atom is 0.229 e. The Morgan fingerprint density at radius 1 is 1.11 bits per heavy atom. The molecule has 5 nitrogen and oxygen atoms in total. The van der Waals surface area contributed by atoms with Crippen LogP contribution in [0.25, 0.3) is 11.0 Å². The highest BCUT2D eigenvalue weighted by Gasteiger charge is 2.03. The fourth-order valence-electron chi connectivity index (χ4n) is 1.68. The first kappa shape index (κ1) is 10.5. The maximum absolute atomic E-state index is 5.88. The van der Waals surface area contributed by atoms with Crippen LogP contribution < -0.4 is 5.73 Å². The molecule has 2 heterocycles. The van der Waals surface area contributed by atoms with Crippen molar-refractivity contribution in [2.75, 3.05) is 0 Å². The van der Waals surface area contributed by atoms with Gasteiger partial charge in [-0.15, -0.1) is 0 Å². The summed E-state index contributed by atoms with van der Waals surface area (Å²) in [5.74, 6) is 0.828. The Morgan fingerprint density at radius 3 is 2.72 bits per heavy atom. The number of H-pyrrole nitrogens is 1. The van der Waals surface area contributed by atoms with Crippen molar-refractivity contribution in [3.05, 3.63) is 54.4 Å². The lowest BCUT2D eigenvalue weighted by Crippen LogP contribution is -2.14. The van der Waals surface area contributed by atoms with Crippen molar-refractivity contribution in [1.82, 2.24) is 15.0 Å². The molecule has 0 radical (unpaired) electrons. The minimum absolute atomic E-state index is 0.342. The van der Waals surface area contributed by atoms with E-state index in [2.05, 4.69) is 19.9 Å². The molecule has 18 heavy (non-hydrogen) atoms. The van der Waals surface area contributed by atoms with E-state index in [1.807, 2.05) is 42.5 Å². The van der Waals surface area contributed by atoms with Crippen LogP contribution in [0.15, 0.2) is 53.7 Å². The van der Waals surface area contributed by atoms with E-state index in [9.17, 15) is 0 Å². The van der Waals surface area contributed by atoms with E-state index in [-0.39, 0.29) is 0 Å². The molecule has 0 saturated carbocycles. The summed E-state index contributed by atoms with van der Waals surface area (Å²) in [7, 11) is 0. The summed E-state index contributed by atoms with van der Waals surface area (Å²) in [5.41, 5.74) is 8.31. The third-order valence-electron chi connectivity index (χ3n) is 2.53. The molecular weight excluding hydrogens is 226 g/mol. The van der Waals surface area contributed by atoms with Crippen molar-refractivity contribution in [2.24, 2.45) is 10.7 Å². The topological polar surface area (TPSA) is 80.0 Å². The van der Waals surface area contributed by atoms with Crippen molar-refractivity contribution in [3.63, 3.8) is 0 Å². The number of nitrogens with one attached hydrogen (secondary N) is 1. The zero-order chi connectivity index (χ0) is 12.4. The SMILES string of the molecule is N/C(=N\c1nc2ccccc2[nH]1)c1ccccn1. The second kappa shape index (κ2) is 4.29. The lowest BCUT2D eigenvalue weighted by Gasteiger charge is -1.96. The molecule has 0 aliphatic rings. The van der Waals surface area contributed by atoms with E-state index in [1.54, 1.807) is 6.20 Å². The number of rotatable bonds is 2. The lowest BCUT2D eigenvalue weighted by molar-refractivity contribution is 1.22. The van der Waals surface area contributed by atoms with Crippen molar-refractivity contribution >= 4 is 22.8 Å². The standard InChI is InChI=1S/C13H11N5/c14-12(11-7-3-4-8-15-11)18-13-16-9-5-1-2-6-10(9)17-13/h1-8H,(H3,14,16,17,18). The predicted molar refractivity (Wildman–Crippen MR) is 70.7 cm³/mol. The zero-order valence-electron chi connectivity index (χ0n) is 9.54. The highest BCUT2D eigenvalue weighted by molar-refractivity contribution is 5.97. The van der Waals surface area contributed by atoms with Crippen molar-refractivity contribution in [1.29, 1.82) is 0 Å². The van der Waals surface area contributed by atoms with Gasteiger partial charge in [-0.3, -0.25) is 4.98 Å². The number of aliphatic imine (C=N–C) groups is 1. The minimum Gasteiger partial charge on any atom is -0.382 e. The van der Waals surface area contributed by atoms with Gasteiger partial charge in [-0.2, -0.15) is 4.99 Å². The van der Waals surface area contributed by atoms with Gasteiger partial charge in [0, 0.05) is 6.20 Å². The van der Waals surface area contributed by atoms with Crippen molar-refractivity contribution in [3.8, 4) is 0 Å². The number of pyridine rings is 1. The third kappa shape index (κ3) is 1.93. The molecular formula is C13H11N5. The first-order chi connectivity index (χ1) is 8.83. The number of amidine groups is 1. The molecule has 0 spiro atoms. The second-order valence-electron chi connectivity index (χ2n) is 3.79. The molecule has 2 aromatic heterocycles. The Bertz CT molecular complexity index is 666. The number of para-hydroxylation sites is 2. The summed E-state index contributed by atoms with van der Waals surface area (Å²) >= 11 is 0. The summed E-state index contributed by atoms with van der Waals surface area (Å²) in [6, 6.07) is 13.2. The number of nitrogens with two attached hydrogens (primary N) is 1. The molecule has 0 fully saturated rings.